The van der Waals surface area contributed by atoms with Crippen molar-refractivity contribution >= 4 is 11.8 Å². The van der Waals surface area contributed by atoms with Crippen LogP contribution < -0.4 is 20.1 Å². The number of methoxy groups -OCH3 is 2. The molecule has 28 heavy (non-hydrogen) atoms. The van der Waals surface area contributed by atoms with Crippen molar-refractivity contribution < 1.29 is 23.5 Å². The molecule has 3 rings (SSSR count). The normalized spacial score (nSPS) is 17.1. The minimum absolute atomic E-state index is 0.0793. The quantitative estimate of drug-likeness (QED) is 0.709. The van der Waals surface area contributed by atoms with Crippen LogP contribution in [0.15, 0.2) is 41.2 Å². The molecule has 1 aliphatic rings. The molecule has 0 unspecified atom stereocenters. The van der Waals surface area contributed by atoms with Crippen LogP contribution in [0.4, 0.5) is 0 Å². The highest BCUT2D eigenvalue weighted by atomic mass is 16.5. The molecule has 8 nitrogen and oxygen atoms in total. The van der Waals surface area contributed by atoms with Gasteiger partial charge in [0.15, 0.2) is 11.5 Å². The van der Waals surface area contributed by atoms with Gasteiger partial charge in [0.2, 0.25) is 11.8 Å². The highest BCUT2D eigenvalue weighted by Gasteiger charge is 2.31. The number of ether oxygens (including phenoxy) is 2. The molecule has 0 radical (unpaired) electrons. The van der Waals surface area contributed by atoms with E-state index in [9.17, 15) is 9.59 Å². The van der Waals surface area contributed by atoms with Crippen LogP contribution in [0.5, 0.6) is 11.5 Å². The van der Waals surface area contributed by atoms with E-state index in [4.69, 9.17) is 13.9 Å². The van der Waals surface area contributed by atoms with Crippen molar-refractivity contribution in [1.29, 1.82) is 0 Å². The summed E-state index contributed by atoms with van der Waals surface area (Å²) in [5.41, 5.74) is 1.78. The SMILES string of the molecule is COc1cccc(CNC(=O)C[C@@H]2C(=O)NCCN2Cc2ccoc2)c1OC. The van der Waals surface area contributed by atoms with E-state index in [0.717, 1.165) is 11.1 Å². The summed E-state index contributed by atoms with van der Waals surface area (Å²) in [5, 5.41) is 5.71. The first-order valence-corrected chi connectivity index (χ1v) is 9.11. The smallest absolute Gasteiger partial charge is 0.237 e. The standard InChI is InChI=1S/C20H25N3O5/c1-26-17-5-3-4-15(19(17)27-2)11-22-18(24)10-16-20(25)21-7-8-23(16)12-14-6-9-28-13-14/h3-6,9,13,16H,7-8,10-12H2,1-2H3,(H,21,25)(H,22,24)/t16-/m1/s1. The Morgan fingerprint density at radius 3 is 2.89 bits per heavy atom. The van der Waals surface area contributed by atoms with E-state index in [1.54, 1.807) is 32.8 Å². The summed E-state index contributed by atoms with van der Waals surface area (Å²) < 4.78 is 15.8. The number of nitrogens with one attached hydrogen (secondary N) is 2. The van der Waals surface area contributed by atoms with Gasteiger partial charge in [-0.1, -0.05) is 12.1 Å². The van der Waals surface area contributed by atoms with Gasteiger partial charge in [-0.25, -0.2) is 0 Å². The molecular weight excluding hydrogens is 362 g/mol. The number of furan rings is 1. The van der Waals surface area contributed by atoms with Crippen LogP contribution in [0.3, 0.4) is 0 Å². The van der Waals surface area contributed by atoms with Crippen LogP contribution in [-0.4, -0.2) is 50.1 Å². The van der Waals surface area contributed by atoms with E-state index in [2.05, 4.69) is 10.6 Å². The van der Waals surface area contributed by atoms with Crippen LogP contribution in [0.1, 0.15) is 17.5 Å². The maximum absolute atomic E-state index is 12.5. The molecule has 2 aromatic rings. The number of amides is 2. The fourth-order valence-electron chi connectivity index (χ4n) is 3.32. The molecule has 0 saturated carbocycles. The molecule has 8 heteroatoms. The predicted molar refractivity (Wildman–Crippen MR) is 102 cm³/mol. The third-order valence-electron chi connectivity index (χ3n) is 4.75. The molecule has 0 spiro atoms. The average Bonchev–Trinajstić information content (AvgIpc) is 3.21. The van der Waals surface area contributed by atoms with Gasteiger partial charge in [-0.05, 0) is 12.1 Å². The van der Waals surface area contributed by atoms with Gasteiger partial charge in [-0.3, -0.25) is 14.5 Å². The topological polar surface area (TPSA) is 93.0 Å². The Hall–Kier alpha value is -3.00. The van der Waals surface area contributed by atoms with Crippen LogP contribution in [0.25, 0.3) is 0 Å². The predicted octanol–water partition coefficient (Wildman–Crippen LogP) is 1.30. The maximum Gasteiger partial charge on any atom is 0.237 e. The van der Waals surface area contributed by atoms with Gasteiger partial charge in [0, 0.05) is 37.3 Å². The number of piperazine rings is 1. The first-order chi connectivity index (χ1) is 13.6. The molecule has 1 saturated heterocycles. The van der Waals surface area contributed by atoms with Crippen molar-refractivity contribution in [2.75, 3.05) is 27.3 Å². The van der Waals surface area contributed by atoms with Gasteiger partial charge >= 0.3 is 0 Å². The lowest BCUT2D eigenvalue weighted by Crippen LogP contribution is -2.56. The largest absolute Gasteiger partial charge is 0.493 e. The second-order valence-corrected chi connectivity index (χ2v) is 6.54. The zero-order valence-electron chi connectivity index (χ0n) is 16.1. The van der Waals surface area contributed by atoms with Crippen molar-refractivity contribution in [3.63, 3.8) is 0 Å². The molecule has 2 heterocycles. The minimum Gasteiger partial charge on any atom is -0.493 e. The van der Waals surface area contributed by atoms with Gasteiger partial charge in [0.25, 0.3) is 0 Å². The zero-order chi connectivity index (χ0) is 19.9. The molecule has 0 aliphatic carbocycles. The fourth-order valence-corrected chi connectivity index (χ4v) is 3.32. The molecule has 1 aliphatic heterocycles. The van der Waals surface area contributed by atoms with Gasteiger partial charge in [-0.2, -0.15) is 0 Å². The second-order valence-electron chi connectivity index (χ2n) is 6.54. The van der Waals surface area contributed by atoms with E-state index in [1.807, 2.05) is 23.1 Å². The summed E-state index contributed by atoms with van der Waals surface area (Å²) in [7, 11) is 3.12. The Morgan fingerprint density at radius 1 is 1.32 bits per heavy atom. The van der Waals surface area contributed by atoms with Gasteiger partial charge in [-0.15, -0.1) is 0 Å². The molecule has 1 aromatic carbocycles. The fraction of sp³-hybridized carbons (Fsp3) is 0.400. The molecular formula is C20H25N3O5. The number of carbonyl (C=O) groups excluding carboxylic acids is 2. The van der Waals surface area contributed by atoms with E-state index in [-0.39, 0.29) is 24.8 Å². The minimum atomic E-state index is -0.518. The number of nitrogens with zero attached hydrogens (tertiary/aromatic N) is 1. The summed E-state index contributed by atoms with van der Waals surface area (Å²) in [5.74, 6) is 0.850. The first-order valence-electron chi connectivity index (χ1n) is 9.11. The molecule has 2 N–H and O–H groups in total. The van der Waals surface area contributed by atoms with E-state index in [0.29, 0.717) is 31.1 Å². The molecule has 150 valence electrons. The summed E-state index contributed by atoms with van der Waals surface area (Å²) in [6, 6.07) is 6.84. The van der Waals surface area contributed by atoms with Crippen molar-refractivity contribution in [3.8, 4) is 11.5 Å². The van der Waals surface area contributed by atoms with Crippen LogP contribution in [0.2, 0.25) is 0 Å². The Bertz CT molecular complexity index is 806. The van der Waals surface area contributed by atoms with Crippen molar-refractivity contribution in [2.24, 2.45) is 0 Å². The van der Waals surface area contributed by atoms with Crippen molar-refractivity contribution in [3.05, 3.63) is 47.9 Å². The Kier molecular flexibility index (Phi) is 6.54. The average molecular weight is 387 g/mol. The number of para-hydroxylation sites is 1. The number of rotatable bonds is 8. The molecule has 0 bridgehead atoms. The maximum atomic E-state index is 12.5. The third-order valence-corrected chi connectivity index (χ3v) is 4.75. The molecule has 1 atom stereocenters. The van der Waals surface area contributed by atoms with Crippen molar-refractivity contribution in [2.45, 2.75) is 25.6 Å². The van der Waals surface area contributed by atoms with Crippen LogP contribution in [-0.2, 0) is 22.7 Å². The van der Waals surface area contributed by atoms with Crippen LogP contribution in [0, 0.1) is 0 Å². The Labute approximate surface area is 163 Å². The number of hydrogen-bond acceptors (Lipinski definition) is 6. The lowest BCUT2D eigenvalue weighted by Gasteiger charge is -2.34. The first kappa shape index (κ1) is 19.8. The van der Waals surface area contributed by atoms with Crippen molar-refractivity contribution in [1.82, 2.24) is 15.5 Å². The molecule has 1 aromatic heterocycles. The van der Waals surface area contributed by atoms with E-state index in [1.165, 1.54) is 0 Å². The number of carbonyl (C=O) groups is 2. The van der Waals surface area contributed by atoms with Gasteiger partial charge in [0.05, 0.1) is 39.2 Å². The second kappa shape index (κ2) is 9.27. The monoisotopic (exact) mass is 387 g/mol. The zero-order valence-corrected chi connectivity index (χ0v) is 16.1. The highest BCUT2D eigenvalue weighted by Crippen LogP contribution is 2.30. The van der Waals surface area contributed by atoms with Gasteiger partial charge < -0.3 is 24.5 Å². The third kappa shape index (κ3) is 4.64. The van der Waals surface area contributed by atoms with Gasteiger partial charge in [0.1, 0.15) is 0 Å². The van der Waals surface area contributed by atoms with E-state index >= 15 is 0 Å². The highest BCUT2D eigenvalue weighted by molar-refractivity contribution is 5.88. The van der Waals surface area contributed by atoms with Crippen LogP contribution >= 0.6 is 0 Å². The lowest BCUT2D eigenvalue weighted by molar-refractivity contribution is -0.134. The summed E-state index contributed by atoms with van der Waals surface area (Å²) in [6.45, 7) is 2.09. The lowest BCUT2D eigenvalue weighted by atomic mass is 10.1. The summed E-state index contributed by atoms with van der Waals surface area (Å²) in [4.78, 5) is 26.9. The summed E-state index contributed by atoms with van der Waals surface area (Å²) >= 11 is 0. The Balaban J connectivity index is 1.62. The number of benzene rings is 1. The number of hydrogen-bond donors (Lipinski definition) is 2. The summed E-state index contributed by atoms with van der Waals surface area (Å²) in [6.07, 6.45) is 3.33. The Morgan fingerprint density at radius 2 is 2.18 bits per heavy atom. The molecule has 2 amide bonds. The molecule has 1 fully saturated rings. The van der Waals surface area contributed by atoms with E-state index < -0.39 is 6.04 Å².